The molecular formula is C17H10Cl2O2. The van der Waals surface area contributed by atoms with Crippen molar-refractivity contribution < 1.29 is 9.53 Å². The Balaban J connectivity index is 2.16. The molecule has 0 unspecified atom stereocenters. The second-order valence-corrected chi connectivity index (χ2v) is 5.28. The lowest BCUT2D eigenvalue weighted by atomic mass is 10.1. The molecule has 0 aliphatic heterocycles. The van der Waals surface area contributed by atoms with Gasteiger partial charge in [0.2, 0.25) is 0 Å². The van der Waals surface area contributed by atoms with E-state index in [1.807, 2.05) is 24.3 Å². The first-order valence-corrected chi connectivity index (χ1v) is 7.05. The van der Waals surface area contributed by atoms with Crippen LogP contribution in [0.3, 0.4) is 0 Å². The van der Waals surface area contributed by atoms with Gasteiger partial charge in [-0.25, -0.2) is 0 Å². The van der Waals surface area contributed by atoms with E-state index in [0.29, 0.717) is 27.1 Å². The molecule has 3 aromatic carbocycles. The van der Waals surface area contributed by atoms with Crippen LogP contribution in [0.1, 0.15) is 10.4 Å². The average Bonchev–Trinajstić information content (AvgIpc) is 2.52. The van der Waals surface area contributed by atoms with Crippen molar-refractivity contribution in [3.63, 3.8) is 0 Å². The number of benzene rings is 3. The Morgan fingerprint density at radius 2 is 1.57 bits per heavy atom. The number of ether oxygens (including phenoxy) is 1. The summed E-state index contributed by atoms with van der Waals surface area (Å²) in [6.07, 6.45) is 0.722. The third-order valence-corrected chi connectivity index (χ3v) is 3.79. The molecule has 4 heteroatoms. The lowest BCUT2D eigenvalue weighted by molar-refractivity contribution is 0.112. The van der Waals surface area contributed by atoms with Crippen molar-refractivity contribution >= 4 is 40.3 Å². The minimum atomic E-state index is 0.349. The maximum Gasteiger partial charge on any atom is 0.156 e. The van der Waals surface area contributed by atoms with Crippen molar-refractivity contribution in [1.29, 1.82) is 0 Å². The van der Waals surface area contributed by atoms with E-state index in [1.54, 1.807) is 30.3 Å². The predicted molar refractivity (Wildman–Crippen MR) is 85.9 cm³/mol. The Morgan fingerprint density at radius 3 is 2.33 bits per heavy atom. The van der Waals surface area contributed by atoms with Gasteiger partial charge in [0.1, 0.15) is 5.75 Å². The second kappa shape index (κ2) is 5.76. The first kappa shape index (κ1) is 13.9. The molecule has 0 radical (unpaired) electrons. The molecule has 3 rings (SSSR count). The summed E-state index contributed by atoms with van der Waals surface area (Å²) >= 11 is 12.3. The Hall–Kier alpha value is -2.03. The second-order valence-electron chi connectivity index (χ2n) is 4.47. The molecule has 0 N–H and O–H groups in total. The van der Waals surface area contributed by atoms with Crippen LogP contribution < -0.4 is 4.74 Å². The van der Waals surface area contributed by atoms with Gasteiger partial charge in [0.25, 0.3) is 0 Å². The van der Waals surface area contributed by atoms with Crippen LogP contribution in [-0.2, 0) is 0 Å². The van der Waals surface area contributed by atoms with Crippen molar-refractivity contribution in [2.45, 2.75) is 0 Å². The number of hydrogen-bond acceptors (Lipinski definition) is 2. The van der Waals surface area contributed by atoms with Gasteiger partial charge in [-0.3, -0.25) is 4.79 Å². The zero-order chi connectivity index (χ0) is 14.8. The van der Waals surface area contributed by atoms with Gasteiger partial charge in [-0.1, -0.05) is 53.5 Å². The smallest absolute Gasteiger partial charge is 0.156 e. The third-order valence-electron chi connectivity index (χ3n) is 3.17. The van der Waals surface area contributed by atoms with Crippen molar-refractivity contribution in [3.05, 3.63) is 70.2 Å². The Bertz CT molecular complexity index is 828. The fourth-order valence-corrected chi connectivity index (χ4v) is 2.61. The van der Waals surface area contributed by atoms with Crippen molar-refractivity contribution in [2.75, 3.05) is 0 Å². The highest BCUT2D eigenvalue weighted by Gasteiger charge is 2.12. The lowest BCUT2D eigenvalue weighted by Crippen LogP contribution is -1.92. The summed E-state index contributed by atoms with van der Waals surface area (Å²) in [6.45, 7) is 0. The van der Waals surface area contributed by atoms with Gasteiger partial charge < -0.3 is 4.74 Å². The van der Waals surface area contributed by atoms with Crippen molar-refractivity contribution in [3.8, 4) is 11.5 Å². The highest BCUT2D eigenvalue weighted by atomic mass is 35.5. The van der Waals surface area contributed by atoms with Gasteiger partial charge in [0.05, 0.1) is 10.6 Å². The fraction of sp³-hybridized carbons (Fsp3) is 0. The summed E-state index contributed by atoms with van der Waals surface area (Å²) in [5.41, 5.74) is 0.404. The first-order valence-electron chi connectivity index (χ1n) is 6.29. The zero-order valence-corrected chi connectivity index (χ0v) is 12.4. The molecule has 0 bridgehead atoms. The number of hydrogen-bond donors (Lipinski definition) is 0. The average molecular weight is 317 g/mol. The maximum absolute atomic E-state index is 11.1. The monoisotopic (exact) mass is 316 g/mol. The summed E-state index contributed by atoms with van der Waals surface area (Å²) in [6, 6.07) is 16.2. The summed E-state index contributed by atoms with van der Waals surface area (Å²) < 4.78 is 5.88. The van der Waals surface area contributed by atoms with Gasteiger partial charge in [-0.2, -0.15) is 0 Å². The highest BCUT2D eigenvalue weighted by Crippen LogP contribution is 2.37. The van der Waals surface area contributed by atoms with Crippen LogP contribution in [0.2, 0.25) is 10.0 Å². The zero-order valence-electron chi connectivity index (χ0n) is 10.8. The van der Waals surface area contributed by atoms with Gasteiger partial charge in [0, 0.05) is 15.8 Å². The fourth-order valence-electron chi connectivity index (χ4n) is 2.16. The summed E-state index contributed by atoms with van der Waals surface area (Å²) in [4.78, 5) is 11.1. The van der Waals surface area contributed by atoms with E-state index in [0.717, 1.165) is 17.1 Å². The molecule has 0 heterocycles. The first-order chi connectivity index (χ1) is 10.2. The lowest BCUT2D eigenvalue weighted by Gasteiger charge is -2.12. The van der Waals surface area contributed by atoms with Crippen LogP contribution in [-0.4, -0.2) is 6.29 Å². The molecule has 0 saturated heterocycles. The summed E-state index contributed by atoms with van der Waals surface area (Å²) in [5, 5.41) is 2.78. The van der Waals surface area contributed by atoms with E-state index in [1.165, 1.54) is 0 Å². The Kier molecular flexibility index (Phi) is 3.82. The van der Waals surface area contributed by atoms with Crippen LogP contribution in [0.4, 0.5) is 0 Å². The number of halogens is 2. The standard InChI is InChI=1S/C17H10Cl2O2/c18-14-8-9-16(13-6-2-1-5-12(13)14)21-17-11(10-20)4-3-7-15(17)19/h1-10H. The van der Waals surface area contributed by atoms with Crippen LogP contribution >= 0.6 is 23.2 Å². The third kappa shape index (κ3) is 2.60. The molecule has 0 aromatic heterocycles. The molecule has 0 saturated carbocycles. The molecule has 104 valence electrons. The number of rotatable bonds is 3. The minimum Gasteiger partial charge on any atom is -0.454 e. The van der Waals surface area contributed by atoms with Gasteiger partial charge >= 0.3 is 0 Å². The SMILES string of the molecule is O=Cc1cccc(Cl)c1Oc1ccc(Cl)c2ccccc12. The van der Waals surface area contributed by atoms with E-state index in [-0.39, 0.29) is 0 Å². The molecule has 0 aliphatic rings. The quantitative estimate of drug-likeness (QED) is 0.575. The van der Waals surface area contributed by atoms with Gasteiger partial charge in [-0.05, 0) is 24.3 Å². The van der Waals surface area contributed by atoms with Crippen LogP contribution in [0.25, 0.3) is 10.8 Å². The number of aldehydes is 1. The summed E-state index contributed by atoms with van der Waals surface area (Å²) in [5.74, 6) is 0.952. The van der Waals surface area contributed by atoms with E-state index in [2.05, 4.69) is 0 Å². The Morgan fingerprint density at radius 1 is 0.810 bits per heavy atom. The van der Waals surface area contributed by atoms with E-state index in [9.17, 15) is 4.79 Å². The van der Waals surface area contributed by atoms with E-state index in [4.69, 9.17) is 27.9 Å². The topological polar surface area (TPSA) is 26.3 Å². The van der Waals surface area contributed by atoms with E-state index >= 15 is 0 Å². The minimum absolute atomic E-state index is 0.349. The molecule has 3 aromatic rings. The van der Waals surface area contributed by atoms with Crippen molar-refractivity contribution in [2.24, 2.45) is 0 Å². The number of fused-ring (bicyclic) bond motifs is 1. The molecular weight excluding hydrogens is 307 g/mol. The highest BCUT2D eigenvalue weighted by molar-refractivity contribution is 6.35. The largest absolute Gasteiger partial charge is 0.454 e. The molecule has 0 spiro atoms. The Labute approximate surface area is 131 Å². The molecule has 0 atom stereocenters. The van der Waals surface area contributed by atoms with E-state index < -0.39 is 0 Å². The van der Waals surface area contributed by atoms with Crippen molar-refractivity contribution in [1.82, 2.24) is 0 Å². The molecule has 0 aliphatic carbocycles. The molecule has 0 amide bonds. The normalized spacial score (nSPS) is 10.6. The summed E-state index contributed by atoms with van der Waals surface area (Å²) in [7, 11) is 0. The number of carbonyl (C=O) groups is 1. The van der Waals surface area contributed by atoms with Crippen LogP contribution in [0.5, 0.6) is 11.5 Å². The molecule has 21 heavy (non-hydrogen) atoms. The van der Waals surface area contributed by atoms with Gasteiger partial charge in [0.15, 0.2) is 12.0 Å². The number of para-hydroxylation sites is 1. The van der Waals surface area contributed by atoms with Crippen LogP contribution in [0.15, 0.2) is 54.6 Å². The van der Waals surface area contributed by atoms with Gasteiger partial charge in [-0.15, -0.1) is 0 Å². The predicted octanol–water partition coefficient (Wildman–Crippen LogP) is 5.75. The maximum atomic E-state index is 11.1. The molecule has 0 fully saturated rings. The van der Waals surface area contributed by atoms with Crippen LogP contribution in [0, 0.1) is 0 Å². The number of carbonyl (C=O) groups excluding carboxylic acids is 1. The molecule has 2 nitrogen and oxygen atoms in total.